The molecule has 1 saturated heterocycles. The zero-order valence-corrected chi connectivity index (χ0v) is 17.4. The van der Waals surface area contributed by atoms with E-state index in [9.17, 15) is 0 Å². The Morgan fingerprint density at radius 1 is 1.40 bits per heavy atom. The molecule has 1 aliphatic rings. The quantitative estimate of drug-likeness (QED) is 0.313. The van der Waals surface area contributed by atoms with Crippen molar-refractivity contribution in [1.82, 2.24) is 10.6 Å². The molecule has 1 aliphatic heterocycles. The van der Waals surface area contributed by atoms with Crippen molar-refractivity contribution in [2.75, 3.05) is 39.5 Å². The topological polar surface area (TPSA) is 75.1 Å². The first-order chi connectivity index (χ1) is 11.7. The summed E-state index contributed by atoms with van der Waals surface area (Å²) in [5.41, 5.74) is 2.23. The number of aryl methyl sites for hydroxylation is 1. The van der Waals surface area contributed by atoms with Crippen molar-refractivity contribution >= 4 is 29.9 Å². The fourth-order valence-corrected chi connectivity index (χ4v) is 2.53. The van der Waals surface area contributed by atoms with E-state index in [0.717, 1.165) is 37.5 Å². The average molecular weight is 463 g/mol. The molecule has 0 aliphatic carbocycles. The van der Waals surface area contributed by atoms with Gasteiger partial charge < -0.3 is 25.2 Å². The van der Waals surface area contributed by atoms with Gasteiger partial charge in [0.1, 0.15) is 5.75 Å². The van der Waals surface area contributed by atoms with Gasteiger partial charge in [-0.25, -0.2) is 4.99 Å². The zero-order chi connectivity index (χ0) is 17.2. The number of halogens is 1. The lowest BCUT2D eigenvalue weighted by Gasteiger charge is -2.15. The largest absolute Gasteiger partial charge is 0.493 e. The number of guanidine groups is 1. The summed E-state index contributed by atoms with van der Waals surface area (Å²) in [5.74, 6) is 2.07. The summed E-state index contributed by atoms with van der Waals surface area (Å²) in [5, 5.41) is 15.2. The molecule has 0 saturated carbocycles. The molecule has 1 heterocycles. The molecule has 0 bridgehead atoms. The Kier molecular flexibility index (Phi) is 10.8. The summed E-state index contributed by atoms with van der Waals surface area (Å²) in [4.78, 5) is 4.57. The Morgan fingerprint density at radius 3 is 2.92 bits per heavy atom. The van der Waals surface area contributed by atoms with E-state index in [2.05, 4.69) is 40.7 Å². The zero-order valence-electron chi connectivity index (χ0n) is 15.1. The van der Waals surface area contributed by atoms with Crippen molar-refractivity contribution in [3.05, 3.63) is 29.3 Å². The second-order valence-corrected chi connectivity index (χ2v) is 6.00. The fourth-order valence-electron chi connectivity index (χ4n) is 2.53. The van der Waals surface area contributed by atoms with Crippen LogP contribution in [0.4, 0.5) is 0 Å². The van der Waals surface area contributed by atoms with Crippen LogP contribution >= 0.6 is 24.0 Å². The van der Waals surface area contributed by atoms with E-state index in [1.54, 1.807) is 0 Å². The van der Waals surface area contributed by atoms with Crippen molar-refractivity contribution in [2.24, 2.45) is 10.9 Å². The van der Waals surface area contributed by atoms with Crippen molar-refractivity contribution in [3.63, 3.8) is 0 Å². The summed E-state index contributed by atoms with van der Waals surface area (Å²) in [6, 6.07) is 6.20. The molecule has 1 atom stereocenters. The third-order valence-electron chi connectivity index (χ3n) is 3.88. The summed E-state index contributed by atoms with van der Waals surface area (Å²) in [7, 11) is 0. The molecule has 3 N–H and O–H groups in total. The molecule has 1 aromatic rings. The summed E-state index contributed by atoms with van der Waals surface area (Å²) < 4.78 is 11.4. The third kappa shape index (κ3) is 7.79. The summed E-state index contributed by atoms with van der Waals surface area (Å²) in [6.45, 7) is 8.23. The summed E-state index contributed by atoms with van der Waals surface area (Å²) >= 11 is 0. The number of nitrogens with zero attached hydrogens (tertiary/aromatic N) is 1. The van der Waals surface area contributed by atoms with Crippen LogP contribution in [0.3, 0.4) is 0 Å². The smallest absolute Gasteiger partial charge is 0.191 e. The van der Waals surface area contributed by atoms with Gasteiger partial charge in [-0.3, -0.25) is 0 Å². The van der Waals surface area contributed by atoms with Gasteiger partial charge in [0.2, 0.25) is 0 Å². The van der Waals surface area contributed by atoms with E-state index >= 15 is 0 Å². The molecule has 1 aromatic carbocycles. The van der Waals surface area contributed by atoms with Crippen molar-refractivity contribution in [1.29, 1.82) is 0 Å². The van der Waals surface area contributed by atoms with Gasteiger partial charge in [-0.05, 0) is 31.9 Å². The Labute approximate surface area is 167 Å². The molecule has 7 heteroatoms. The number of aliphatic hydroxyl groups excluding tert-OH is 1. The van der Waals surface area contributed by atoms with Crippen LogP contribution < -0.4 is 15.4 Å². The van der Waals surface area contributed by atoms with Crippen LogP contribution in [-0.4, -0.2) is 50.6 Å². The first-order valence-corrected chi connectivity index (χ1v) is 8.66. The maximum absolute atomic E-state index is 8.94. The molecule has 0 spiro atoms. The molecule has 0 radical (unpaired) electrons. The van der Waals surface area contributed by atoms with Gasteiger partial charge in [0.25, 0.3) is 0 Å². The van der Waals surface area contributed by atoms with Gasteiger partial charge >= 0.3 is 0 Å². The van der Waals surface area contributed by atoms with Gasteiger partial charge in [0, 0.05) is 31.2 Å². The fraction of sp³-hybridized carbons (Fsp3) is 0.611. The molecule has 25 heavy (non-hydrogen) atoms. The van der Waals surface area contributed by atoms with Crippen molar-refractivity contribution < 1.29 is 14.6 Å². The molecular weight excluding hydrogens is 433 g/mol. The first kappa shape index (κ1) is 22.0. The second kappa shape index (κ2) is 12.3. The Morgan fingerprint density at radius 2 is 2.24 bits per heavy atom. The van der Waals surface area contributed by atoms with E-state index in [0.29, 0.717) is 31.6 Å². The van der Waals surface area contributed by atoms with Gasteiger partial charge in [0.05, 0.1) is 26.4 Å². The molecular formula is C18H30IN3O3. The van der Waals surface area contributed by atoms with Crippen molar-refractivity contribution in [3.8, 4) is 5.75 Å². The number of hydrogen-bond donors (Lipinski definition) is 3. The second-order valence-electron chi connectivity index (χ2n) is 6.00. The standard InChI is InChI=1S/C18H29N3O3.HI/c1-3-19-18(20-7-8-22)21-11-16-5-4-14(2)10-17(16)24-13-15-6-9-23-12-15;/h4-5,10,15,22H,3,6-9,11-13H2,1-2H3,(H2,19,20,21);1H. The Balaban J connectivity index is 0.00000312. The molecule has 0 aromatic heterocycles. The van der Waals surface area contributed by atoms with Gasteiger partial charge in [-0.15, -0.1) is 24.0 Å². The van der Waals surface area contributed by atoms with E-state index in [4.69, 9.17) is 14.6 Å². The molecule has 0 amide bonds. The number of hydrogen-bond acceptors (Lipinski definition) is 4. The number of nitrogens with one attached hydrogen (secondary N) is 2. The molecule has 1 unspecified atom stereocenters. The number of benzene rings is 1. The monoisotopic (exact) mass is 463 g/mol. The predicted octanol–water partition coefficient (Wildman–Crippen LogP) is 2.08. The number of ether oxygens (including phenoxy) is 2. The van der Waals surface area contributed by atoms with Crippen LogP contribution in [0.15, 0.2) is 23.2 Å². The predicted molar refractivity (Wildman–Crippen MR) is 111 cm³/mol. The Bertz CT molecular complexity index is 534. The van der Waals surface area contributed by atoms with E-state index < -0.39 is 0 Å². The van der Waals surface area contributed by atoms with Crippen molar-refractivity contribution in [2.45, 2.75) is 26.8 Å². The highest BCUT2D eigenvalue weighted by Gasteiger charge is 2.17. The maximum Gasteiger partial charge on any atom is 0.191 e. The lowest BCUT2D eigenvalue weighted by atomic mass is 10.1. The minimum absolute atomic E-state index is 0. The SMILES string of the molecule is CCNC(=NCc1ccc(C)cc1OCC1CCOC1)NCCO.I. The summed E-state index contributed by atoms with van der Waals surface area (Å²) in [6.07, 6.45) is 1.06. The number of rotatable bonds is 8. The van der Waals surface area contributed by atoms with Crippen LogP contribution in [0.2, 0.25) is 0 Å². The molecule has 6 nitrogen and oxygen atoms in total. The highest BCUT2D eigenvalue weighted by Crippen LogP contribution is 2.23. The number of aliphatic hydroxyl groups is 1. The highest BCUT2D eigenvalue weighted by molar-refractivity contribution is 14.0. The molecule has 2 rings (SSSR count). The molecule has 142 valence electrons. The average Bonchev–Trinajstić information content (AvgIpc) is 3.10. The normalized spacial score (nSPS) is 17.1. The first-order valence-electron chi connectivity index (χ1n) is 8.66. The van der Waals surface area contributed by atoms with Crippen LogP contribution in [-0.2, 0) is 11.3 Å². The third-order valence-corrected chi connectivity index (χ3v) is 3.88. The number of aliphatic imine (C=N–C) groups is 1. The van der Waals surface area contributed by atoms with Gasteiger partial charge in [-0.1, -0.05) is 12.1 Å². The lowest BCUT2D eigenvalue weighted by molar-refractivity contribution is 0.166. The van der Waals surface area contributed by atoms with Crippen LogP contribution in [0.5, 0.6) is 5.75 Å². The van der Waals surface area contributed by atoms with Crippen LogP contribution in [0.1, 0.15) is 24.5 Å². The van der Waals surface area contributed by atoms with E-state index in [-0.39, 0.29) is 30.6 Å². The minimum Gasteiger partial charge on any atom is -0.493 e. The van der Waals surface area contributed by atoms with Crippen LogP contribution in [0.25, 0.3) is 0 Å². The lowest BCUT2D eigenvalue weighted by Crippen LogP contribution is -2.38. The van der Waals surface area contributed by atoms with Crippen LogP contribution in [0, 0.1) is 12.8 Å². The van der Waals surface area contributed by atoms with Gasteiger partial charge in [-0.2, -0.15) is 0 Å². The minimum atomic E-state index is 0. The van der Waals surface area contributed by atoms with Gasteiger partial charge in [0.15, 0.2) is 5.96 Å². The van der Waals surface area contributed by atoms with E-state index in [1.807, 2.05) is 6.92 Å². The highest BCUT2D eigenvalue weighted by atomic mass is 127. The molecule has 1 fully saturated rings. The van der Waals surface area contributed by atoms with E-state index in [1.165, 1.54) is 5.56 Å². The maximum atomic E-state index is 8.94. The Hall–Kier alpha value is -1.06.